The lowest BCUT2D eigenvalue weighted by Crippen LogP contribution is -2.49. The number of hydrogen-bond acceptors (Lipinski definition) is 6. The van der Waals surface area contributed by atoms with E-state index < -0.39 is 47.5 Å². The molecular formula is C19H22F3N5O3. The number of benzene rings is 1. The fourth-order valence-electron chi connectivity index (χ4n) is 3.34. The molecule has 30 heavy (non-hydrogen) atoms. The molecule has 2 atom stereocenters. The van der Waals surface area contributed by atoms with E-state index in [4.69, 9.17) is 4.52 Å². The second-order valence-electron chi connectivity index (χ2n) is 7.18. The standard InChI is InChI=1S/C19H22F3N5O3/c1-10(27-7-3-4-12(9-27)19-24-11(2)26-30-19)18(29)23-8-15(28)25-14-6-5-13(20)16(21)17(14)22/h5-6,10,12H,3-4,7-9H2,1-2H3,(H,23,29)(H,25,28)/t10-,12+/m1/s1. The normalized spacial score (nSPS) is 18.1. The molecular weight excluding hydrogens is 403 g/mol. The molecule has 11 heteroatoms. The van der Waals surface area contributed by atoms with Gasteiger partial charge in [-0.1, -0.05) is 5.16 Å². The van der Waals surface area contributed by atoms with E-state index in [0.29, 0.717) is 30.9 Å². The third-order valence-corrected chi connectivity index (χ3v) is 5.00. The highest BCUT2D eigenvalue weighted by Crippen LogP contribution is 2.26. The summed E-state index contributed by atoms with van der Waals surface area (Å²) in [6, 6.07) is 1.08. The lowest BCUT2D eigenvalue weighted by Gasteiger charge is -2.34. The summed E-state index contributed by atoms with van der Waals surface area (Å²) in [7, 11) is 0. The first-order chi connectivity index (χ1) is 14.3. The zero-order chi connectivity index (χ0) is 21.8. The number of rotatable bonds is 6. The summed E-state index contributed by atoms with van der Waals surface area (Å²) < 4.78 is 45.0. The number of halogens is 3. The number of nitrogens with one attached hydrogen (secondary N) is 2. The zero-order valence-corrected chi connectivity index (χ0v) is 16.5. The Kier molecular flexibility index (Phi) is 6.70. The van der Waals surface area contributed by atoms with Gasteiger partial charge in [0.2, 0.25) is 17.7 Å². The Bertz CT molecular complexity index is 936. The molecule has 1 aromatic heterocycles. The van der Waals surface area contributed by atoms with Crippen LogP contribution >= 0.6 is 0 Å². The van der Waals surface area contributed by atoms with Crippen molar-refractivity contribution in [3.8, 4) is 0 Å². The number of carbonyl (C=O) groups excluding carboxylic acids is 2. The fraction of sp³-hybridized carbons (Fsp3) is 0.474. The van der Waals surface area contributed by atoms with Crippen molar-refractivity contribution in [2.24, 2.45) is 0 Å². The minimum atomic E-state index is -1.68. The Morgan fingerprint density at radius 2 is 2.07 bits per heavy atom. The topological polar surface area (TPSA) is 100 Å². The molecule has 0 spiro atoms. The van der Waals surface area contributed by atoms with E-state index in [9.17, 15) is 22.8 Å². The van der Waals surface area contributed by atoms with Crippen LogP contribution in [-0.2, 0) is 9.59 Å². The minimum absolute atomic E-state index is 0.0230. The van der Waals surface area contributed by atoms with E-state index in [1.807, 2.05) is 4.90 Å². The molecule has 2 aromatic rings. The number of likely N-dealkylation sites (tertiary alicyclic amines) is 1. The van der Waals surface area contributed by atoms with Crippen LogP contribution in [0.3, 0.4) is 0 Å². The van der Waals surface area contributed by atoms with Gasteiger partial charge < -0.3 is 15.2 Å². The second-order valence-corrected chi connectivity index (χ2v) is 7.18. The summed E-state index contributed by atoms with van der Waals surface area (Å²) in [5, 5.41) is 8.37. The molecule has 0 saturated carbocycles. The number of aryl methyl sites for hydroxylation is 1. The van der Waals surface area contributed by atoms with Crippen molar-refractivity contribution in [1.82, 2.24) is 20.4 Å². The highest BCUT2D eigenvalue weighted by atomic mass is 19.2. The van der Waals surface area contributed by atoms with Gasteiger partial charge in [-0.05, 0) is 45.4 Å². The quantitative estimate of drug-likeness (QED) is 0.688. The predicted molar refractivity (Wildman–Crippen MR) is 100 cm³/mol. The lowest BCUT2D eigenvalue weighted by atomic mass is 9.96. The molecule has 2 N–H and O–H groups in total. The van der Waals surface area contributed by atoms with Gasteiger partial charge in [-0.15, -0.1) is 0 Å². The Hall–Kier alpha value is -2.95. The molecule has 1 aromatic carbocycles. The third kappa shape index (κ3) is 4.96. The van der Waals surface area contributed by atoms with Gasteiger partial charge in [-0.3, -0.25) is 14.5 Å². The fourth-order valence-corrected chi connectivity index (χ4v) is 3.34. The number of carbonyl (C=O) groups is 2. The van der Waals surface area contributed by atoms with E-state index >= 15 is 0 Å². The first kappa shape index (κ1) is 21.8. The number of amides is 2. The Balaban J connectivity index is 1.51. The molecule has 2 amide bonds. The number of piperidine rings is 1. The molecule has 1 aliphatic rings. The van der Waals surface area contributed by atoms with Gasteiger partial charge in [0.15, 0.2) is 23.3 Å². The summed E-state index contributed by atoms with van der Waals surface area (Å²) in [4.78, 5) is 30.6. The molecule has 0 radical (unpaired) electrons. The van der Waals surface area contributed by atoms with Gasteiger partial charge in [0.25, 0.3) is 0 Å². The number of nitrogens with zero attached hydrogens (tertiary/aromatic N) is 3. The van der Waals surface area contributed by atoms with Crippen LogP contribution in [0.5, 0.6) is 0 Å². The largest absolute Gasteiger partial charge is 0.346 e. The second kappa shape index (κ2) is 9.24. The Labute approximate surface area is 170 Å². The first-order valence-electron chi connectivity index (χ1n) is 9.51. The molecule has 1 aliphatic heterocycles. The van der Waals surface area contributed by atoms with E-state index in [1.54, 1.807) is 13.8 Å². The Morgan fingerprint density at radius 3 is 2.77 bits per heavy atom. The maximum Gasteiger partial charge on any atom is 0.243 e. The highest BCUT2D eigenvalue weighted by molar-refractivity contribution is 5.95. The summed E-state index contributed by atoms with van der Waals surface area (Å²) in [5.74, 6) is -4.58. The zero-order valence-electron chi connectivity index (χ0n) is 16.5. The van der Waals surface area contributed by atoms with E-state index in [2.05, 4.69) is 20.8 Å². The Morgan fingerprint density at radius 1 is 1.30 bits per heavy atom. The van der Waals surface area contributed by atoms with E-state index in [0.717, 1.165) is 18.9 Å². The maximum atomic E-state index is 13.6. The van der Waals surface area contributed by atoms with Crippen LogP contribution in [-0.4, -0.2) is 52.5 Å². The van der Waals surface area contributed by atoms with Crippen molar-refractivity contribution >= 4 is 17.5 Å². The molecule has 1 fully saturated rings. The van der Waals surface area contributed by atoms with Crippen LogP contribution in [0.1, 0.15) is 37.4 Å². The van der Waals surface area contributed by atoms with E-state index in [-0.39, 0.29) is 5.92 Å². The monoisotopic (exact) mass is 425 g/mol. The van der Waals surface area contributed by atoms with Crippen LogP contribution in [0.15, 0.2) is 16.7 Å². The smallest absolute Gasteiger partial charge is 0.243 e. The van der Waals surface area contributed by atoms with Gasteiger partial charge in [0, 0.05) is 6.54 Å². The van der Waals surface area contributed by atoms with Crippen molar-refractivity contribution < 1.29 is 27.3 Å². The van der Waals surface area contributed by atoms with Crippen molar-refractivity contribution in [3.05, 3.63) is 41.3 Å². The molecule has 2 heterocycles. The minimum Gasteiger partial charge on any atom is -0.346 e. The van der Waals surface area contributed by atoms with Crippen LogP contribution < -0.4 is 10.6 Å². The molecule has 0 unspecified atom stereocenters. The average Bonchev–Trinajstić information content (AvgIpc) is 3.18. The van der Waals surface area contributed by atoms with Crippen LogP contribution in [0.2, 0.25) is 0 Å². The van der Waals surface area contributed by atoms with Crippen molar-refractivity contribution in [3.63, 3.8) is 0 Å². The van der Waals surface area contributed by atoms with Crippen LogP contribution in [0.4, 0.5) is 18.9 Å². The highest BCUT2D eigenvalue weighted by Gasteiger charge is 2.30. The maximum absolute atomic E-state index is 13.6. The molecule has 8 nitrogen and oxygen atoms in total. The van der Waals surface area contributed by atoms with Crippen molar-refractivity contribution in [1.29, 1.82) is 0 Å². The van der Waals surface area contributed by atoms with Crippen molar-refractivity contribution in [2.45, 2.75) is 38.6 Å². The van der Waals surface area contributed by atoms with Gasteiger partial charge in [-0.25, -0.2) is 13.2 Å². The first-order valence-corrected chi connectivity index (χ1v) is 9.51. The molecule has 162 valence electrons. The van der Waals surface area contributed by atoms with Gasteiger partial charge in [0.05, 0.1) is 24.2 Å². The number of hydrogen-bond donors (Lipinski definition) is 2. The van der Waals surface area contributed by atoms with Crippen LogP contribution in [0.25, 0.3) is 0 Å². The van der Waals surface area contributed by atoms with Crippen LogP contribution in [0, 0.1) is 24.4 Å². The molecule has 3 rings (SSSR count). The van der Waals surface area contributed by atoms with Crippen molar-refractivity contribution in [2.75, 3.05) is 25.0 Å². The summed E-state index contributed by atoms with van der Waals surface area (Å²) in [6.45, 7) is 4.26. The predicted octanol–water partition coefficient (Wildman–Crippen LogP) is 2.12. The lowest BCUT2D eigenvalue weighted by molar-refractivity contribution is -0.128. The SMILES string of the molecule is Cc1noc([C@H]2CCCN([C@H](C)C(=O)NCC(=O)Nc3ccc(F)c(F)c3F)C2)n1. The molecule has 0 aliphatic carbocycles. The third-order valence-electron chi connectivity index (χ3n) is 5.00. The summed E-state index contributed by atoms with van der Waals surface area (Å²) >= 11 is 0. The van der Waals surface area contributed by atoms with Gasteiger partial charge >= 0.3 is 0 Å². The van der Waals surface area contributed by atoms with Gasteiger partial charge in [-0.2, -0.15) is 4.98 Å². The molecule has 1 saturated heterocycles. The van der Waals surface area contributed by atoms with Gasteiger partial charge in [0.1, 0.15) is 0 Å². The average molecular weight is 425 g/mol. The summed E-state index contributed by atoms with van der Waals surface area (Å²) in [5.41, 5.74) is -0.505. The molecule has 0 bridgehead atoms. The summed E-state index contributed by atoms with van der Waals surface area (Å²) in [6.07, 6.45) is 1.72. The number of anilines is 1. The number of aromatic nitrogens is 2. The van der Waals surface area contributed by atoms with E-state index in [1.165, 1.54) is 0 Å².